The highest BCUT2D eigenvalue weighted by Crippen LogP contribution is 2.47. The number of benzene rings is 1. The number of rotatable bonds is 4. The normalized spacial score (nSPS) is 21.0. The number of nitrogens with one attached hydrogen (secondary N) is 2. The summed E-state index contributed by atoms with van der Waals surface area (Å²) >= 11 is 1.67. The first-order valence-corrected chi connectivity index (χ1v) is 12.4. The smallest absolute Gasteiger partial charge is 0.255 e. The zero-order valence-corrected chi connectivity index (χ0v) is 19.9. The molecule has 2 aliphatic heterocycles. The van der Waals surface area contributed by atoms with Crippen molar-refractivity contribution in [1.82, 2.24) is 10.3 Å². The van der Waals surface area contributed by atoms with Crippen molar-refractivity contribution in [3.8, 4) is 11.5 Å². The number of allylic oxidation sites excluding steroid dienone is 3. The fourth-order valence-corrected chi connectivity index (χ4v) is 5.94. The number of thiophene rings is 1. The molecular formula is C27H23N3O4S. The number of fused-ring (bicyclic) bond motifs is 1. The molecule has 2 atom stereocenters. The molecular weight excluding hydrogens is 462 g/mol. The summed E-state index contributed by atoms with van der Waals surface area (Å²) in [5, 5.41) is 8.36. The Morgan fingerprint density at radius 3 is 2.80 bits per heavy atom. The molecule has 3 aromatic rings. The average Bonchev–Trinajstić information content (AvgIpc) is 3.55. The van der Waals surface area contributed by atoms with E-state index < -0.39 is 5.92 Å². The predicted octanol–water partition coefficient (Wildman–Crippen LogP) is 4.87. The van der Waals surface area contributed by atoms with Crippen LogP contribution in [0.5, 0.6) is 11.5 Å². The standard InChI is InChI=1S/C27H23N3O4S/c1-15-24(27(32)30-23-6-2-3-9-28-23)25(16-7-8-20-21(13-16)34-14-33-20)26-18(29-15)11-17(12-19(26)31)22-5-4-10-35-22/h2-10,13,17,25,29H,11-12,14H2,1H3,(H,28,30,32)/t17-,25+/m1/s1. The van der Waals surface area contributed by atoms with Gasteiger partial charge in [-0.2, -0.15) is 0 Å². The number of ether oxygens (including phenoxy) is 2. The van der Waals surface area contributed by atoms with E-state index in [1.165, 1.54) is 4.88 Å². The largest absolute Gasteiger partial charge is 0.454 e. The molecule has 1 amide bonds. The Morgan fingerprint density at radius 2 is 2.00 bits per heavy atom. The molecule has 2 N–H and O–H groups in total. The molecule has 0 saturated carbocycles. The summed E-state index contributed by atoms with van der Waals surface area (Å²) in [7, 11) is 0. The van der Waals surface area contributed by atoms with Gasteiger partial charge in [0.15, 0.2) is 17.3 Å². The van der Waals surface area contributed by atoms with Gasteiger partial charge in [0.05, 0.1) is 0 Å². The lowest BCUT2D eigenvalue weighted by molar-refractivity contribution is -0.116. The van der Waals surface area contributed by atoms with Crippen molar-refractivity contribution >= 4 is 28.8 Å². The quantitative estimate of drug-likeness (QED) is 0.548. The van der Waals surface area contributed by atoms with E-state index in [4.69, 9.17) is 9.47 Å². The highest BCUT2D eigenvalue weighted by Gasteiger charge is 2.41. The third kappa shape index (κ3) is 3.89. The molecule has 7 nitrogen and oxygen atoms in total. The van der Waals surface area contributed by atoms with Crippen molar-refractivity contribution in [2.45, 2.75) is 31.6 Å². The van der Waals surface area contributed by atoms with Gasteiger partial charge in [-0.1, -0.05) is 18.2 Å². The maximum atomic E-state index is 13.7. The van der Waals surface area contributed by atoms with Crippen LogP contribution in [0.2, 0.25) is 0 Å². The number of aromatic nitrogens is 1. The van der Waals surface area contributed by atoms with Crippen molar-refractivity contribution in [2.75, 3.05) is 12.1 Å². The van der Waals surface area contributed by atoms with E-state index in [0.29, 0.717) is 34.9 Å². The van der Waals surface area contributed by atoms with E-state index in [9.17, 15) is 9.59 Å². The molecule has 3 aliphatic rings. The van der Waals surface area contributed by atoms with Gasteiger partial charge >= 0.3 is 0 Å². The van der Waals surface area contributed by atoms with Crippen LogP contribution in [0.25, 0.3) is 0 Å². The number of hydrogen-bond acceptors (Lipinski definition) is 7. The Morgan fingerprint density at radius 1 is 1.11 bits per heavy atom. The number of Topliss-reactive ketones (excluding diaryl/α,β-unsaturated/α-hetero) is 1. The Kier molecular flexibility index (Phi) is 5.37. The first-order valence-electron chi connectivity index (χ1n) is 11.5. The van der Waals surface area contributed by atoms with E-state index in [0.717, 1.165) is 23.4 Å². The number of ketones is 1. The number of pyridine rings is 1. The van der Waals surface area contributed by atoms with Crippen molar-refractivity contribution in [3.05, 3.63) is 93.1 Å². The summed E-state index contributed by atoms with van der Waals surface area (Å²) < 4.78 is 11.1. The topological polar surface area (TPSA) is 89.6 Å². The number of carbonyl (C=O) groups is 2. The van der Waals surface area contributed by atoms with Crippen LogP contribution in [0.1, 0.15) is 42.0 Å². The van der Waals surface area contributed by atoms with Crippen molar-refractivity contribution in [3.63, 3.8) is 0 Å². The van der Waals surface area contributed by atoms with Crippen molar-refractivity contribution < 1.29 is 19.1 Å². The number of hydrogen-bond donors (Lipinski definition) is 2. The van der Waals surface area contributed by atoms with E-state index in [2.05, 4.69) is 21.7 Å². The summed E-state index contributed by atoms with van der Waals surface area (Å²) in [5.41, 5.74) is 3.56. The average molecular weight is 486 g/mol. The van der Waals surface area contributed by atoms with Gasteiger partial charge < -0.3 is 20.1 Å². The summed E-state index contributed by atoms with van der Waals surface area (Å²) in [6, 6.07) is 15.1. The maximum Gasteiger partial charge on any atom is 0.255 e. The third-order valence-electron chi connectivity index (χ3n) is 6.65. The van der Waals surface area contributed by atoms with Crippen LogP contribution in [0, 0.1) is 0 Å². The second-order valence-corrected chi connectivity index (χ2v) is 9.79. The lowest BCUT2D eigenvalue weighted by Crippen LogP contribution is -2.37. The van der Waals surface area contributed by atoms with Crippen LogP contribution in [0.15, 0.2) is 82.6 Å². The number of dihydropyridines is 1. The molecule has 1 aliphatic carbocycles. The number of anilines is 1. The van der Waals surface area contributed by atoms with Gasteiger partial charge in [-0.15, -0.1) is 11.3 Å². The second-order valence-electron chi connectivity index (χ2n) is 8.81. The Hall–Kier alpha value is -3.91. The summed E-state index contributed by atoms with van der Waals surface area (Å²) in [5.74, 6) is 1.08. The number of carbonyl (C=O) groups excluding carboxylic acids is 2. The van der Waals surface area contributed by atoms with E-state index in [1.54, 1.807) is 29.7 Å². The molecule has 0 saturated heterocycles. The Bertz CT molecular complexity index is 1380. The molecule has 0 unspecified atom stereocenters. The van der Waals surface area contributed by atoms with E-state index >= 15 is 0 Å². The van der Waals surface area contributed by atoms with Crippen LogP contribution in [0.3, 0.4) is 0 Å². The third-order valence-corrected chi connectivity index (χ3v) is 7.69. The summed E-state index contributed by atoms with van der Waals surface area (Å²) in [6.45, 7) is 2.04. The minimum atomic E-state index is -0.527. The van der Waals surface area contributed by atoms with Gasteiger partial charge in [0.1, 0.15) is 5.82 Å². The second kappa shape index (κ2) is 8.70. The molecule has 4 heterocycles. The van der Waals surface area contributed by atoms with Gasteiger partial charge in [-0.3, -0.25) is 9.59 Å². The summed E-state index contributed by atoms with van der Waals surface area (Å²) in [4.78, 5) is 32.7. The van der Waals surface area contributed by atoms with Crippen molar-refractivity contribution in [1.29, 1.82) is 0 Å². The van der Waals surface area contributed by atoms with Crippen LogP contribution in [0.4, 0.5) is 5.82 Å². The maximum absolute atomic E-state index is 13.7. The molecule has 2 aromatic heterocycles. The molecule has 176 valence electrons. The predicted molar refractivity (Wildman–Crippen MR) is 132 cm³/mol. The molecule has 0 spiro atoms. The fourth-order valence-electron chi connectivity index (χ4n) is 5.11. The minimum Gasteiger partial charge on any atom is -0.454 e. The highest BCUT2D eigenvalue weighted by atomic mass is 32.1. The zero-order chi connectivity index (χ0) is 23.9. The van der Waals surface area contributed by atoms with Gasteiger partial charge in [0.25, 0.3) is 5.91 Å². The Labute approximate surface area is 206 Å². The molecule has 0 radical (unpaired) electrons. The first kappa shape index (κ1) is 21.6. The summed E-state index contributed by atoms with van der Waals surface area (Å²) in [6.07, 6.45) is 2.76. The van der Waals surface area contributed by atoms with Crippen LogP contribution < -0.4 is 20.1 Å². The van der Waals surface area contributed by atoms with Gasteiger partial charge in [-0.05, 0) is 54.6 Å². The lowest BCUT2D eigenvalue weighted by Gasteiger charge is -2.36. The van der Waals surface area contributed by atoms with Crippen LogP contribution >= 0.6 is 11.3 Å². The van der Waals surface area contributed by atoms with Gasteiger partial charge in [0.2, 0.25) is 6.79 Å². The monoisotopic (exact) mass is 485 g/mol. The molecule has 6 rings (SSSR count). The van der Waals surface area contributed by atoms with Crippen LogP contribution in [-0.4, -0.2) is 23.5 Å². The fraction of sp³-hybridized carbons (Fsp3) is 0.222. The lowest BCUT2D eigenvalue weighted by atomic mass is 9.72. The number of amides is 1. The Balaban J connectivity index is 1.43. The van der Waals surface area contributed by atoms with E-state index in [1.807, 2.05) is 42.6 Å². The molecule has 8 heteroatoms. The number of nitrogens with zero attached hydrogens (tertiary/aromatic N) is 1. The van der Waals surface area contributed by atoms with Gasteiger partial charge in [0, 0.05) is 51.9 Å². The molecule has 0 bridgehead atoms. The first-order chi connectivity index (χ1) is 17.1. The van der Waals surface area contributed by atoms with E-state index in [-0.39, 0.29) is 24.4 Å². The van der Waals surface area contributed by atoms with Gasteiger partial charge in [-0.25, -0.2) is 4.98 Å². The minimum absolute atomic E-state index is 0.0513. The molecule has 35 heavy (non-hydrogen) atoms. The van der Waals surface area contributed by atoms with Crippen LogP contribution in [-0.2, 0) is 9.59 Å². The zero-order valence-electron chi connectivity index (χ0n) is 19.0. The molecule has 1 aromatic carbocycles. The molecule has 0 fully saturated rings. The van der Waals surface area contributed by atoms with Crippen molar-refractivity contribution in [2.24, 2.45) is 0 Å². The highest BCUT2D eigenvalue weighted by molar-refractivity contribution is 7.10. The SMILES string of the molecule is CC1=C(C(=O)Nc2ccccn2)[C@H](c2ccc3c(c2)OCO3)C2=C(C[C@@H](c3cccs3)CC2=O)N1.